The number of amides is 2. The molecule has 0 aromatic heterocycles. The predicted octanol–water partition coefficient (Wildman–Crippen LogP) is 4.16. The summed E-state index contributed by atoms with van der Waals surface area (Å²) in [6.45, 7) is 4.06. The van der Waals surface area contributed by atoms with Crippen molar-refractivity contribution in [1.82, 2.24) is 10.6 Å². The highest BCUT2D eigenvalue weighted by atomic mass is 16.2. The third-order valence-corrected chi connectivity index (χ3v) is 7.95. The molecule has 5 nitrogen and oxygen atoms in total. The van der Waals surface area contributed by atoms with Crippen LogP contribution < -0.4 is 16.0 Å². The summed E-state index contributed by atoms with van der Waals surface area (Å²) in [5.74, 6) is 2.97. The summed E-state index contributed by atoms with van der Waals surface area (Å²) >= 11 is 0. The minimum atomic E-state index is -0.234. The first-order chi connectivity index (χ1) is 14.4. The first kappa shape index (κ1) is 20.0. The highest BCUT2D eigenvalue weighted by Crippen LogP contribution is 2.55. The van der Waals surface area contributed by atoms with E-state index in [4.69, 9.17) is 0 Å². The van der Waals surface area contributed by atoms with Crippen LogP contribution in [0.1, 0.15) is 76.8 Å². The highest BCUT2D eigenvalue weighted by molar-refractivity contribution is 5.94. The zero-order valence-electron chi connectivity index (χ0n) is 18.2. The topological polar surface area (TPSA) is 70.2 Å². The van der Waals surface area contributed by atoms with E-state index in [0.717, 1.165) is 41.8 Å². The Hall–Kier alpha value is -1.88. The maximum absolute atomic E-state index is 13.0. The first-order valence-electron chi connectivity index (χ1n) is 11.9. The third kappa shape index (κ3) is 4.14. The fourth-order valence-electron chi connectivity index (χ4n) is 6.63. The molecule has 1 aromatic carbocycles. The van der Waals surface area contributed by atoms with E-state index in [2.05, 4.69) is 22.9 Å². The van der Waals surface area contributed by atoms with Gasteiger partial charge in [-0.05, 0) is 101 Å². The highest BCUT2D eigenvalue weighted by Gasteiger charge is 2.51. The van der Waals surface area contributed by atoms with Gasteiger partial charge in [0.1, 0.15) is 0 Å². The summed E-state index contributed by atoms with van der Waals surface area (Å²) in [6.07, 6.45) is 9.72. The van der Waals surface area contributed by atoms with Crippen LogP contribution >= 0.6 is 0 Å². The number of rotatable bonds is 7. The van der Waals surface area contributed by atoms with Gasteiger partial charge in [0.05, 0.1) is 6.04 Å². The average Bonchev–Trinajstić information content (AvgIpc) is 3.52. The molecular weight excluding hydrogens is 374 g/mol. The number of hydrogen-bond donors (Lipinski definition) is 3. The van der Waals surface area contributed by atoms with E-state index in [0.29, 0.717) is 0 Å². The van der Waals surface area contributed by atoms with Crippen molar-refractivity contribution in [2.24, 2.45) is 23.7 Å². The molecule has 2 atom stereocenters. The molecular formula is C25H35N3O2. The van der Waals surface area contributed by atoms with Crippen LogP contribution in [0.4, 0.5) is 5.69 Å². The Morgan fingerprint density at radius 1 is 0.933 bits per heavy atom. The van der Waals surface area contributed by atoms with Gasteiger partial charge < -0.3 is 10.6 Å². The van der Waals surface area contributed by atoms with E-state index in [1.807, 2.05) is 31.2 Å². The number of nitrogens with one attached hydrogen (secondary N) is 3. The molecule has 0 spiro atoms. The second kappa shape index (κ2) is 7.67. The maximum atomic E-state index is 13.0. The molecule has 0 aliphatic heterocycles. The van der Waals surface area contributed by atoms with Crippen molar-refractivity contribution in [1.29, 1.82) is 0 Å². The molecule has 5 aliphatic carbocycles. The van der Waals surface area contributed by atoms with Gasteiger partial charge in [0.2, 0.25) is 11.8 Å². The fourth-order valence-corrected chi connectivity index (χ4v) is 6.63. The van der Waals surface area contributed by atoms with E-state index in [-0.39, 0.29) is 35.4 Å². The molecule has 30 heavy (non-hydrogen) atoms. The fraction of sp³-hybridized carbons (Fsp3) is 0.680. The van der Waals surface area contributed by atoms with Crippen molar-refractivity contribution in [3.8, 4) is 0 Å². The average molecular weight is 410 g/mol. The number of hydrogen-bond acceptors (Lipinski definition) is 3. The third-order valence-electron chi connectivity index (χ3n) is 7.95. The van der Waals surface area contributed by atoms with Gasteiger partial charge in [0.25, 0.3) is 0 Å². The largest absolute Gasteiger partial charge is 0.349 e. The minimum absolute atomic E-state index is 0.0619. The summed E-state index contributed by atoms with van der Waals surface area (Å²) in [5, 5.41) is 9.92. The van der Waals surface area contributed by atoms with Gasteiger partial charge >= 0.3 is 0 Å². The molecule has 3 N–H and O–H groups in total. The first-order valence-corrected chi connectivity index (χ1v) is 11.9. The van der Waals surface area contributed by atoms with Gasteiger partial charge in [0, 0.05) is 23.2 Å². The van der Waals surface area contributed by atoms with Gasteiger partial charge in [-0.15, -0.1) is 0 Å². The number of carbonyl (C=O) groups is 2. The summed E-state index contributed by atoms with van der Waals surface area (Å²) in [4.78, 5) is 24.9. The Kier molecular flexibility index (Phi) is 5.12. The van der Waals surface area contributed by atoms with E-state index in [9.17, 15) is 9.59 Å². The molecule has 0 radical (unpaired) electrons. The van der Waals surface area contributed by atoms with Crippen LogP contribution in [0.5, 0.6) is 0 Å². The lowest BCUT2D eigenvalue weighted by molar-refractivity contribution is -0.128. The molecule has 5 fully saturated rings. The maximum Gasteiger partial charge on any atom is 0.237 e. The van der Waals surface area contributed by atoms with Crippen LogP contribution in [-0.4, -0.2) is 23.4 Å². The summed E-state index contributed by atoms with van der Waals surface area (Å²) in [5.41, 5.74) is 2.02. The van der Waals surface area contributed by atoms with Crippen molar-refractivity contribution < 1.29 is 9.59 Å². The number of carbonyl (C=O) groups excluding carboxylic acids is 2. The lowest BCUT2D eigenvalue weighted by Crippen LogP contribution is -2.62. The zero-order chi connectivity index (χ0) is 20.9. The number of benzene rings is 1. The van der Waals surface area contributed by atoms with E-state index in [1.165, 1.54) is 38.5 Å². The Balaban J connectivity index is 1.15. The second-order valence-corrected chi connectivity index (χ2v) is 10.7. The monoisotopic (exact) mass is 409 g/mol. The molecule has 2 unspecified atom stereocenters. The Labute approximate surface area is 179 Å². The predicted molar refractivity (Wildman–Crippen MR) is 118 cm³/mol. The van der Waals surface area contributed by atoms with Gasteiger partial charge in [0.15, 0.2) is 0 Å². The summed E-state index contributed by atoms with van der Waals surface area (Å²) < 4.78 is 0. The zero-order valence-corrected chi connectivity index (χ0v) is 18.2. The van der Waals surface area contributed by atoms with Crippen LogP contribution in [-0.2, 0) is 9.59 Å². The SMILES string of the molecule is CC(NC(C)c1ccc(NC(=O)C2CC2)cc1)C(=O)NC12CC3CC(CC(C3)C1)C2. The van der Waals surface area contributed by atoms with E-state index >= 15 is 0 Å². The molecule has 5 aliphatic rings. The molecule has 4 bridgehead atoms. The summed E-state index contributed by atoms with van der Waals surface area (Å²) in [7, 11) is 0. The van der Waals surface area contributed by atoms with Gasteiger partial charge in [-0.3, -0.25) is 14.9 Å². The van der Waals surface area contributed by atoms with Crippen LogP contribution in [0, 0.1) is 23.7 Å². The van der Waals surface area contributed by atoms with Crippen LogP contribution in [0.2, 0.25) is 0 Å². The molecule has 0 saturated heterocycles. The van der Waals surface area contributed by atoms with E-state index in [1.54, 1.807) is 0 Å². The van der Waals surface area contributed by atoms with Crippen molar-refractivity contribution in [2.45, 2.75) is 82.8 Å². The van der Waals surface area contributed by atoms with Gasteiger partial charge in [-0.1, -0.05) is 12.1 Å². The van der Waals surface area contributed by atoms with Crippen LogP contribution in [0.3, 0.4) is 0 Å². The van der Waals surface area contributed by atoms with Crippen LogP contribution in [0.15, 0.2) is 24.3 Å². The van der Waals surface area contributed by atoms with Crippen molar-refractivity contribution >= 4 is 17.5 Å². The molecule has 1 aromatic rings. The minimum Gasteiger partial charge on any atom is -0.349 e. The molecule has 162 valence electrons. The Morgan fingerprint density at radius 2 is 1.50 bits per heavy atom. The van der Waals surface area contributed by atoms with Gasteiger partial charge in [-0.2, -0.15) is 0 Å². The normalized spacial score (nSPS) is 33.7. The molecule has 5 heteroatoms. The van der Waals surface area contributed by atoms with Crippen molar-refractivity contribution in [3.05, 3.63) is 29.8 Å². The lowest BCUT2D eigenvalue weighted by atomic mass is 9.53. The summed E-state index contributed by atoms with van der Waals surface area (Å²) in [6, 6.07) is 7.80. The van der Waals surface area contributed by atoms with Crippen molar-refractivity contribution in [2.75, 3.05) is 5.32 Å². The van der Waals surface area contributed by atoms with Crippen molar-refractivity contribution in [3.63, 3.8) is 0 Å². The standard InChI is InChI=1S/C25H35N3O2/c1-15(20-5-7-22(8-6-20)27-24(30)21-3-4-21)26-16(2)23(29)28-25-12-17-9-18(13-25)11-19(10-17)14-25/h5-8,15-19,21,26H,3-4,9-14H2,1-2H3,(H,27,30)(H,28,29). The number of anilines is 1. The molecule has 6 rings (SSSR count). The smallest absolute Gasteiger partial charge is 0.237 e. The second-order valence-electron chi connectivity index (χ2n) is 10.7. The van der Waals surface area contributed by atoms with Gasteiger partial charge in [-0.25, -0.2) is 0 Å². The molecule has 2 amide bonds. The lowest BCUT2D eigenvalue weighted by Gasteiger charge is -2.57. The van der Waals surface area contributed by atoms with Crippen LogP contribution in [0.25, 0.3) is 0 Å². The molecule has 0 heterocycles. The van der Waals surface area contributed by atoms with E-state index < -0.39 is 0 Å². The quantitative estimate of drug-likeness (QED) is 0.633. The Morgan fingerprint density at radius 3 is 2.03 bits per heavy atom. The Bertz CT molecular complexity index is 779. The molecule has 5 saturated carbocycles.